The normalized spacial score (nSPS) is 14.0. The van der Waals surface area contributed by atoms with Crippen LogP contribution in [0.25, 0.3) is 0 Å². The molecule has 2 heterocycles. The van der Waals surface area contributed by atoms with E-state index < -0.39 is 0 Å². The molecule has 0 bridgehead atoms. The zero-order valence-corrected chi connectivity index (χ0v) is 16.8. The number of aliphatic imine (C=N–C) groups is 1. The van der Waals surface area contributed by atoms with Crippen molar-refractivity contribution in [2.45, 2.75) is 33.2 Å². The largest absolute Gasteiger partial charge is 0.357 e. The molecule has 2 N–H and O–H groups in total. The average molecular weight is 386 g/mol. The summed E-state index contributed by atoms with van der Waals surface area (Å²) in [5.41, 5.74) is 2.59. The lowest BCUT2D eigenvalue weighted by Gasteiger charge is -2.28. The van der Waals surface area contributed by atoms with Crippen LogP contribution in [-0.2, 0) is 24.2 Å². The van der Waals surface area contributed by atoms with Crippen molar-refractivity contribution in [1.29, 1.82) is 0 Å². The summed E-state index contributed by atoms with van der Waals surface area (Å²) in [7, 11) is 0. The highest BCUT2D eigenvalue weighted by Gasteiger charge is 2.19. The maximum Gasteiger partial charge on any atom is 0.244 e. The molecular formula is C20H27N5OS. The minimum atomic E-state index is 0.0669. The molecule has 1 amide bonds. The first-order chi connectivity index (χ1) is 13.2. The molecule has 1 aromatic carbocycles. The van der Waals surface area contributed by atoms with Crippen molar-refractivity contribution in [2.24, 2.45) is 4.99 Å². The minimum Gasteiger partial charge on any atom is -0.357 e. The van der Waals surface area contributed by atoms with E-state index >= 15 is 0 Å². The molecule has 0 spiro atoms. The lowest BCUT2D eigenvalue weighted by Crippen LogP contribution is -2.41. The average Bonchev–Trinajstić information content (AvgIpc) is 3.10. The maximum absolute atomic E-state index is 12.6. The van der Waals surface area contributed by atoms with Gasteiger partial charge in [-0.25, -0.2) is 9.98 Å². The van der Waals surface area contributed by atoms with Gasteiger partial charge in [-0.05, 0) is 31.4 Å². The number of carbonyl (C=O) groups excluding carboxylic acids is 1. The van der Waals surface area contributed by atoms with Crippen molar-refractivity contribution < 1.29 is 4.79 Å². The zero-order valence-electron chi connectivity index (χ0n) is 16.0. The van der Waals surface area contributed by atoms with Crippen LogP contribution in [0.2, 0.25) is 0 Å². The Morgan fingerprint density at radius 1 is 1.30 bits per heavy atom. The Kier molecular flexibility index (Phi) is 6.81. The Hall–Kier alpha value is -2.41. The molecule has 7 heteroatoms. The third-order valence-electron chi connectivity index (χ3n) is 4.50. The van der Waals surface area contributed by atoms with Gasteiger partial charge in [-0.2, -0.15) is 0 Å². The molecule has 144 valence electrons. The third kappa shape index (κ3) is 5.53. The van der Waals surface area contributed by atoms with Crippen LogP contribution in [-0.4, -0.2) is 47.9 Å². The van der Waals surface area contributed by atoms with Gasteiger partial charge in [-0.15, -0.1) is 11.3 Å². The summed E-state index contributed by atoms with van der Waals surface area (Å²) in [4.78, 5) is 24.5. The summed E-state index contributed by atoms with van der Waals surface area (Å²) in [5, 5.41) is 7.60. The van der Waals surface area contributed by atoms with Crippen LogP contribution in [0.15, 0.2) is 35.5 Å². The zero-order chi connectivity index (χ0) is 19.1. The summed E-state index contributed by atoms with van der Waals surface area (Å²) in [5.74, 6) is 0.744. The second kappa shape index (κ2) is 9.50. The first-order valence-corrected chi connectivity index (χ1v) is 10.3. The van der Waals surface area contributed by atoms with Crippen molar-refractivity contribution in [3.8, 4) is 0 Å². The van der Waals surface area contributed by atoms with Crippen molar-refractivity contribution in [3.05, 3.63) is 51.5 Å². The number of amides is 1. The number of nitrogens with one attached hydrogen (secondary N) is 2. The van der Waals surface area contributed by atoms with E-state index in [1.165, 1.54) is 16.0 Å². The van der Waals surface area contributed by atoms with Gasteiger partial charge in [-0.3, -0.25) is 4.79 Å². The molecule has 0 fully saturated rings. The molecule has 0 saturated heterocycles. The van der Waals surface area contributed by atoms with Crippen LogP contribution < -0.4 is 10.6 Å². The van der Waals surface area contributed by atoms with Crippen LogP contribution in [0, 0.1) is 6.92 Å². The molecule has 0 unspecified atom stereocenters. The van der Waals surface area contributed by atoms with Gasteiger partial charge < -0.3 is 15.5 Å². The van der Waals surface area contributed by atoms with Crippen LogP contribution in [0.5, 0.6) is 0 Å². The lowest BCUT2D eigenvalue weighted by molar-refractivity contribution is -0.130. The topological polar surface area (TPSA) is 69.6 Å². The van der Waals surface area contributed by atoms with Crippen molar-refractivity contribution >= 4 is 23.2 Å². The summed E-state index contributed by atoms with van der Waals surface area (Å²) < 4.78 is 0. The van der Waals surface area contributed by atoms with E-state index in [9.17, 15) is 4.79 Å². The standard InChI is InChI=1S/C20H27N5OS/c1-3-21-20(22-10-8-18-23-12-15(2)27-18)24-13-19(26)25-11-9-16-6-4-5-7-17(16)14-25/h4-7,12H,3,8-11,13-14H2,1-2H3,(H2,21,22,24). The molecule has 0 aliphatic carbocycles. The summed E-state index contributed by atoms with van der Waals surface area (Å²) in [6.07, 6.45) is 3.66. The van der Waals surface area contributed by atoms with Gasteiger partial charge in [0, 0.05) is 43.7 Å². The molecule has 0 atom stereocenters. The lowest BCUT2D eigenvalue weighted by atomic mass is 10.00. The minimum absolute atomic E-state index is 0.0669. The van der Waals surface area contributed by atoms with E-state index in [1.54, 1.807) is 11.3 Å². The second-order valence-corrected chi connectivity index (χ2v) is 7.89. The fraction of sp³-hybridized carbons (Fsp3) is 0.450. The highest BCUT2D eigenvalue weighted by atomic mass is 32.1. The first-order valence-electron chi connectivity index (χ1n) is 9.43. The van der Waals surface area contributed by atoms with Crippen molar-refractivity contribution in [3.63, 3.8) is 0 Å². The Bertz CT molecular complexity index is 801. The van der Waals surface area contributed by atoms with Crippen LogP contribution in [0.3, 0.4) is 0 Å². The third-order valence-corrected chi connectivity index (χ3v) is 5.47. The smallest absolute Gasteiger partial charge is 0.244 e. The molecule has 1 aromatic heterocycles. The number of thiazole rings is 1. The van der Waals surface area contributed by atoms with Crippen LogP contribution in [0.1, 0.15) is 27.9 Å². The molecule has 1 aliphatic rings. The molecular weight excluding hydrogens is 358 g/mol. The Balaban J connectivity index is 1.50. The van der Waals surface area contributed by atoms with Crippen molar-refractivity contribution in [1.82, 2.24) is 20.5 Å². The van der Waals surface area contributed by atoms with Crippen molar-refractivity contribution in [2.75, 3.05) is 26.2 Å². The number of fused-ring (bicyclic) bond motifs is 1. The van der Waals surface area contributed by atoms with Crippen LogP contribution >= 0.6 is 11.3 Å². The number of aryl methyl sites for hydroxylation is 1. The van der Waals surface area contributed by atoms with E-state index in [4.69, 9.17) is 0 Å². The molecule has 0 radical (unpaired) electrons. The van der Waals surface area contributed by atoms with E-state index in [1.807, 2.05) is 24.1 Å². The summed E-state index contributed by atoms with van der Waals surface area (Å²) >= 11 is 1.71. The van der Waals surface area contributed by atoms with E-state index in [0.29, 0.717) is 12.5 Å². The molecule has 2 aromatic rings. The monoisotopic (exact) mass is 385 g/mol. The molecule has 1 aliphatic heterocycles. The SMILES string of the molecule is CCNC(=NCC(=O)N1CCc2ccccc2C1)NCCc1ncc(C)s1. The van der Waals surface area contributed by atoms with E-state index in [0.717, 1.165) is 37.5 Å². The van der Waals surface area contributed by atoms with Gasteiger partial charge >= 0.3 is 0 Å². The van der Waals surface area contributed by atoms with Gasteiger partial charge in [0.25, 0.3) is 0 Å². The van der Waals surface area contributed by atoms with Gasteiger partial charge in [0.15, 0.2) is 5.96 Å². The van der Waals surface area contributed by atoms with E-state index in [2.05, 4.69) is 45.7 Å². The number of rotatable bonds is 6. The number of guanidine groups is 1. The number of aromatic nitrogens is 1. The highest BCUT2D eigenvalue weighted by molar-refractivity contribution is 7.11. The molecule has 6 nitrogen and oxygen atoms in total. The highest BCUT2D eigenvalue weighted by Crippen LogP contribution is 2.18. The maximum atomic E-state index is 12.6. The predicted molar refractivity (Wildman–Crippen MR) is 110 cm³/mol. The fourth-order valence-corrected chi connectivity index (χ4v) is 3.89. The Morgan fingerprint density at radius 2 is 2.11 bits per heavy atom. The predicted octanol–water partition coefficient (Wildman–Crippen LogP) is 2.13. The molecule has 3 rings (SSSR count). The second-order valence-electron chi connectivity index (χ2n) is 6.57. The van der Waals surface area contributed by atoms with Gasteiger partial charge in [0.2, 0.25) is 5.91 Å². The molecule has 27 heavy (non-hydrogen) atoms. The number of hydrogen-bond acceptors (Lipinski definition) is 4. The van der Waals surface area contributed by atoms with E-state index in [-0.39, 0.29) is 12.5 Å². The molecule has 0 saturated carbocycles. The first kappa shape index (κ1) is 19.4. The number of nitrogens with zero attached hydrogens (tertiary/aromatic N) is 3. The Labute approximate surface area is 164 Å². The summed E-state index contributed by atoms with van der Waals surface area (Å²) in [6.45, 7) is 7.18. The number of hydrogen-bond donors (Lipinski definition) is 2. The summed E-state index contributed by atoms with van der Waals surface area (Å²) in [6, 6.07) is 8.33. The van der Waals surface area contributed by atoms with Gasteiger partial charge in [0.05, 0.1) is 5.01 Å². The fourth-order valence-electron chi connectivity index (χ4n) is 3.10. The van der Waals surface area contributed by atoms with Crippen LogP contribution in [0.4, 0.5) is 0 Å². The number of carbonyl (C=O) groups is 1. The Morgan fingerprint density at radius 3 is 2.85 bits per heavy atom. The quantitative estimate of drug-likeness (QED) is 0.590. The number of benzene rings is 1. The van der Waals surface area contributed by atoms with Gasteiger partial charge in [-0.1, -0.05) is 24.3 Å². The van der Waals surface area contributed by atoms with Gasteiger partial charge in [0.1, 0.15) is 6.54 Å².